The Hall–Kier alpha value is -1.24. The zero-order valence-electron chi connectivity index (χ0n) is 13.1. The van der Waals surface area contributed by atoms with Crippen LogP contribution in [0.3, 0.4) is 0 Å². The predicted molar refractivity (Wildman–Crippen MR) is 79.3 cm³/mol. The topological polar surface area (TPSA) is 89.5 Å². The van der Waals surface area contributed by atoms with Gasteiger partial charge in [-0.2, -0.15) is 8.42 Å². The fourth-order valence-corrected chi connectivity index (χ4v) is 2.24. The average Bonchev–Trinajstić information content (AvgIpc) is 2.38. The van der Waals surface area contributed by atoms with Crippen LogP contribution in [0.1, 0.15) is 53.4 Å². The highest BCUT2D eigenvalue weighted by molar-refractivity contribution is 7.51. The van der Waals surface area contributed by atoms with E-state index in [1.54, 1.807) is 0 Å². The highest BCUT2D eigenvalue weighted by Gasteiger charge is 2.34. The van der Waals surface area contributed by atoms with E-state index in [1.165, 1.54) is 0 Å². The van der Waals surface area contributed by atoms with Crippen LogP contribution in [0.2, 0.25) is 0 Å². The summed E-state index contributed by atoms with van der Waals surface area (Å²) >= 11 is -0.750. The lowest BCUT2D eigenvalue weighted by molar-refractivity contribution is -0.118. The Morgan fingerprint density at radius 2 is 1.81 bits per heavy atom. The van der Waals surface area contributed by atoms with E-state index in [9.17, 15) is 9.59 Å². The smallest absolute Gasteiger partial charge is 0.407 e. The van der Waals surface area contributed by atoms with Gasteiger partial charge in [-0.15, -0.1) is 0 Å². The number of hydrogen-bond donors (Lipinski definition) is 1. The number of nitrogens with one attached hydrogen (secondary N) is 1. The summed E-state index contributed by atoms with van der Waals surface area (Å²) in [6.07, 6.45) is 4.38. The van der Waals surface area contributed by atoms with Crippen LogP contribution in [0.4, 0.5) is 4.79 Å². The molecule has 1 fully saturated rings. The first kappa shape index (κ1) is 19.8. The Morgan fingerprint density at radius 3 is 2.19 bits per heavy atom. The van der Waals surface area contributed by atoms with Crippen LogP contribution in [0, 0.1) is 11.3 Å². The van der Waals surface area contributed by atoms with Crippen LogP contribution in [0.25, 0.3) is 0 Å². The molecule has 0 aromatic rings. The third kappa shape index (κ3) is 8.60. The van der Waals surface area contributed by atoms with Gasteiger partial charge in [0.15, 0.2) is 0 Å². The highest BCUT2D eigenvalue weighted by atomic mass is 32.1. The van der Waals surface area contributed by atoms with Crippen molar-refractivity contribution in [2.75, 3.05) is 6.54 Å². The van der Waals surface area contributed by atoms with E-state index < -0.39 is 23.3 Å². The van der Waals surface area contributed by atoms with E-state index in [0.29, 0.717) is 12.5 Å². The van der Waals surface area contributed by atoms with Crippen molar-refractivity contribution >= 4 is 24.0 Å². The minimum absolute atomic E-state index is 0.386. The van der Waals surface area contributed by atoms with Gasteiger partial charge in [-0.05, 0) is 52.4 Å². The summed E-state index contributed by atoms with van der Waals surface area (Å²) in [7, 11) is 0. The number of rotatable bonds is 3. The summed E-state index contributed by atoms with van der Waals surface area (Å²) in [6.45, 7) is 8.06. The molecule has 7 heteroatoms. The lowest BCUT2D eigenvalue weighted by Crippen LogP contribution is -2.42. The van der Waals surface area contributed by atoms with E-state index in [0.717, 1.165) is 32.0 Å². The first-order valence-corrected chi connectivity index (χ1v) is 7.69. The number of ether oxygens (including phenoxy) is 1. The van der Waals surface area contributed by atoms with Crippen LogP contribution in [-0.4, -0.2) is 32.9 Å². The van der Waals surface area contributed by atoms with Crippen molar-refractivity contribution in [2.24, 2.45) is 11.3 Å². The number of hydrogen-bond acceptors (Lipinski definition) is 5. The molecule has 1 aliphatic rings. The molecule has 1 aliphatic carbocycles. The lowest BCUT2D eigenvalue weighted by atomic mass is 9.72. The summed E-state index contributed by atoms with van der Waals surface area (Å²) in [5.74, 6) is 0.680. The van der Waals surface area contributed by atoms with Crippen LogP contribution in [-0.2, 0) is 21.1 Å². The van der Waals surface area contributed by atoms with Crippen molar-refractivity contribution in [3.63, 3.8) is 0 Å². The molecule has 0 aromatic heterocycles. The van der Waals surface area contributed by atoms with Crippen molar-refractivity contribution in [1.82, 2.24) is 5.32 Å². The van der Waals surface area contributed by atoms with E-state index >= 15 is 0 Å². The second-order valence-electron chi connectivity index (χ2n) is 6.59. The van der Waals surface area contributed by atoms with Gasteiger partial charge in [0.25, 0.3) is 0 Å². The fourth-order valence-electron chi connectivity index (χ4n) is 2.24. The van der Waals surface area contributed by atoms with E-state index in [-0.39, 0.29) is 5.41 Å². The standard InChI is InChI=1S/C14H25NO3.O2S/c1-11-5-7-14(10-16,8-6-11)9-15-12(17)18-13(2,3)4;1-3-2/h10-11H,5-9H2,1-4H3,(H,15,17);. The second kappa shape index (κ2) is 8.92. The van der Waals surface area contributed by atoms with Crippen LogP contribution in [0.15, 0.2) is 0 Å². The summed E-state index contributed by atoms with van der Waals surface area (Å²) in [6, 6.07) is 0. The second-order valence-corrected chi connectivity index (χ2v) is 6.72. The van der Waals surface area contributed by atoms with Crippen molar-refractivity contribution < 1.29 is 22.7 Å². The molecule has 0 spiro atoms. The van der Waals surface area contributed by atoms with Gasteiger partial charge in [-0.1, -0.05) is 6.92 Å². The third-order valence-corrected chi connectivity index (χ3v) is 3.50. The highest BCUT2D eigenvalue weighted by Crippen LogP contribution is 2.36. The van der Waals surface area contributed by atoms with Crippen molar-refractivity contribution in [2.45, 2.75) is 59.0 Å². The molecular formula is C14H25NO5S. The number of carbonyl (C=O) groups excluding carboxylic acids is 2. The molecule has 0 bridgehead atoms. The molecule has 122 valence electrons. The molecule has 0 radical (unpaired) electrons. The zero-order valence-corrected chi connectivity index (χ0v) is 14.0. The Balaban J connectivity index is 0.00000122. The van der Waals surface area contributed by atoms with Crippen LogP contribution in [0.5, 0.6) is 0 Å². The Morgan fingerprint density at radius 1 is 1.33 bits per heavy atom. The van der Waals surface area contributed by atoms with E-state index in [1.807, 2.05) is 20.8 Å². The molecule has 0 atom stereocenters. The van der Waals surface area contributed by atoms with Crippen molar-refractivity contribution in [3.8, 4) is 0 Å². The molecule has 1 N–H and O–H groups in total. The van der Waals surface area contributed by atoms with Crippen molar-refractivity contribution in [3.05, 3.63) is 0 Å². The summed E-state index contributed by atoms with van der Waals surface area (Å²) in [5.41, 5.74) is -0.886. The Bertz CT molecular complexity index is 377. The fraction of sp³-hybridized carbons (Fsp3) is 0.857. The van der Waals surface area contributed by atoms with Gasteiger partial charge in [0.2, 0.25) is 0 Å². The molecule has 1 amide bonds. The molecule has 0 unspecified atom stereocenters. The minimum Gasteiger partial charge on any atom is -0.444 e. The summed E-state index contributed by atoms with van der Waals surface area (Å²) < 4.78 is 21.8. The monoisotopic (exact) mass is 319 g/mol. The maximum atomic E-state index is 11.6. The summed E-state index contributed by atoms with van der Waals surface area (Å²) in [4.78, 5) is 22.9. The minimum atomic E-state index is -0.750. The lowest BCUT2D eigenvalue weighted by Gasteiger charge is -2.35. The molecule has 0 heterocycles. The third-order valence-electron chi connectivity index (χ3n) is 3.50. The molecule has 1 rings (SSSR count). The van der Waals surface area contributed by atoms with Crippen LogP contribution < -0.4 is 5.32 Å². The summed E-state index contributed by atoms with van der Waals surface area (Å²) in [5, 5.41) is 2.72. The first-order valence-electron chi connectivity index (χ1n) is 7.03. The average molecular weight is 319 g/mol. The Labute approximate surface area is 129 Å². The normalized spacial score (nSPS) is 25.0. The first-order chi connectivity index (χ1) is 9.68. The van der Waals surface area contributed by atoms with Gasteiger partial charge in [-0.3, -0.25) is 0 Å². The van der Waals surface area contributed by atoms with Gasteiger partial charge in [0.05, 0.1) is 0 Å². The molecular weight excluding hydrogens is 294 g/mol. The van der Waals surface area contributed by atoms with Crippen LogP contribution >= 0.6 is 0 Å². The predicted octanol–water partition coefficient (Wildman–Crippen LogP) is 2.24. The van der Waals surface area contributed by atoms with Gasteiger partial charge in [0, 0.05) is 12.0 Å². The largest absolute Gasteiger partial charge is 0.444 e. The van der Waals surface area contributed by atoms with Gasteiger partial charge in [-0.25, -0.2) is 4.79 Å². The number of alkyl carbamates (subject to hydrolysis) is 1. The molecule has 0 saturated heterocycles. The molecule has 0 aliphatic heterocycles. The molecule has 21 heavy (non-hydrogen) atoms. The number of amides is 1. The van der Waals surface area contributed by atoms with E-state index in [4.69, 9.17) is 13.2 Å². The van der Waals surface area contributed by atoms with E-state index in [2.05, 4.69) is 12.2 Å². The molecule has 1 saturated carbocycles. The van der Waals surface area contributed by atoms with Crippen molar-refractivity contribution in [1.29, 1.82) is 0 Å². The SMILES string of the molecule is CC1CCC(C=O)(CNC(=O)OC(C)(C)C)CC1.O=S=O. The number of aldehydes is 1. The number of carbonyl (C=O) groups is 2. The maximum absolute atomic E-state index is 11.6. The molecule has 6 nitrogen and oxygen atoms in total. The zero-order chi connectivity index (χ0) is 16.5. The maximum Gasteiger partial charge on any atom is 0.407 e. The molecule has 0 aromatic carbocycles. The quantitative estimate of drug-likeness (QED) is 0.806. The Kier molecular flexibility index (Phi) is 8.39. The van der Waals surface area contributed by atoms with Gasteiger partial charge < -0.3 is 14.8 Å². The van der Waals surface area contributed by atoms with Gasteiger partial charge in [0.1, 0.15) is 11.9 Å². The van der Waals surface area contributed by atoms with Gasteiger partial charge >= 0.3 is 17.7 Å².